The van der Waals surface area contributed by atoms with Gasteiger partial charge in [-0.15, -0.1) is 0 Å². The SMILES string of the molecule is CC1=NN(c2ccc(Cl)cc2Cl)C(=O)C1=Cc1ccc2c(c1)OCO2. The van der Waals surface area contributed by atoms with E-state index in [9.17, 15) is 4.79 Å². The molecule has 0 atom stereocenters. The van der Waals surface area contributed by atoms with Gasteiger partial charge in [-0.05, 0) is 48.9 Å². The van der Waals surface area contributed by atoms with Gasteiger partial charge in [0.25, 0.3) is 5.91 Å². The number of carbonyl (C=O) groups excluding carboxylic acids is 1. The van der Waals surface area contributed by atoms with Crippen LogP contribution in [0.15, 0.2) is 47.1 Å². The summed E-state index contributed by atoms with van der Waals surface area (Å²) in [5, 5.41) is 6.47. The molecule has 2 aliphatic rings. The summed E-state index contributed by atoms with van der Waals surface area (Å²) in [6, 6.07) is 10.4. The first-order valence-electron chi connectivity index (χ1n) is 7.49. The highest BCUT2D eigenvalue weighted by atomic mass is 35.5. The monoisotopic (exact) mass is 374 g/mol. The lowest BCUT2D eigenvalue weighted by atomic mass is 10.1. The van der Waals surface area contributed by atoms with E-state index in [1.165, 1.54) is 5.01 Å². The molecule has 0 aliphatic carbocycles. The van der Waals surface area contributed by atoms with Gasteiger partial charge >= 0.3 is 0 Å². The Morgan fingerprint density at radius 3 is 2.72 bits per heavy atom. The van der Waals surface area contributed by atoms with Crippen LogP contribution in [0.1, 0.15) is 12.5 Å². The van der Waals surface area contributed by atoms with Gasteiger partial charge in [-0.25, -0.2) is 0 Å². The van der Waals surface area contributed by atoms with Gasteiger partial charge < -0.3 is 9.47 Å². The van der Waals surface area contributed by atoms with E-state index in [0.29, 0.717) is 38.5 Å². The Morgan fingerprint density at radius 1 is 1.12 bits per heavy atom. The first-order valence-corrected chi connectivity index (χ1v) is 8.25. The normalized spacial score (nSPS) is 17.4. The van der Waals surface area contributed by atoms with Crippen LogP contribution in [0.25, 0.3) is 6.08 Å². The van der Waals surface area contributed by atoms with Crippen molar-refractivity contribution in [2.75, 3.05) is 11.8 Å². The van der Waals surface area contributed by atoms with E-state index in [1.807, 2.05) is 18.2 Å². The van der Waals surface area contributed by atoms with Crippen LogP contribution in [0.4, 0.5) is 5.69 Å². The predicted octanol–water partition coefficient (Wildman–Crippen LogP) is 4.53. The van der Waals surface area contributed by atoms with Gasteiger partial charge in [0.2, 0.25) is 6.79 Å². The number of hydrogen-bond donors (Lipinski definition) is 0. The number of fused-ring (bicyclic) bond motifs is 1. The Kier molecular flexibility index (Phi) is 3.90. The van der Waals surface area contributed by atoms with Crippen molar-refractivity contribution in [1.82, 2.24) is 0 Å². The molecule has 2 heterocycles. The third kappa shape index (κ3) is 2.86. The zero-order valence-corrected chi connectivity index (χ0v) is 14.6. The van der Waals surface area contributed by atoms with Gasteiger partial charge in [0.1, 0.15) is 0 Å². The molecule has 2 aliphatic heterocycles. The number of anilines is 1. The molecule has 7 heteroatoms. The van der Waals surface area contributed by atoms with E-state index >= 15 is 0 Å². The molecular formula is C18H12Cl2N2O3. The highest BCUT2D eigenvalue weighted by Gasteiger charge is 2.30. The molecule has 0 spiro atoms. The first kappa shape index (κ1) is 16.0. The molecular weight excluding hydrogens is 363 g/mol. The minimum Gasteiger partial charge on any atom is -0.454 e. The Hall–Kier alpha value is -2.50. The number of rotatable bonds is 2. The van der Waals surface area contributed by atoms with Crippen molar-refractivity contribution >= 4 is 46.6 Å². The summed E-state index contributed by atoms with van der Waals surface area (Å²) in [7, 11) is 0. The minimum atomic E-state index is -0.251. The number of hydrazone groups is 1. The summed E-state index contributed by atoms with van der Waals surface area (Å²) in [4.78, 5) is 12.8. The summed E-state index contributed by atoms with van der Waals surface area (Å²) >= 11 is 12.1. The maximum Gasteiger partial charge on any atom is 0.280 e. The molecule has 0 saturated heterocycles. The number of nitrogens with zero attached hydrogens (tertiary/aromatic N) is 2. The fraction of sp³-hybridized carbons (Fsp3) is 0.111. The van der Waals surface area contributed by atoms with Crippen molar-refractivity contribution in [3.63, 3.8) is 0 Å². The number of carbonyl (C=O) groups is 1. The number of ether oxygens (including phenoxy) is 2. The molecule has 0 saturated carbocycles. The fourth-order valence-electron chi connectivity index (χ4n) is 2.67. The van der Waals surface area contributed by atoms with Crippen LogP contribution in [0.2, 0.25) is 10.0 Å². The standard InChI is InChI=1S/C18H12Cl2N2O3/c1-10-13(6-11-2-5-16-17(7-11)25-9-24-16)18(23)22(21-10)15-4-3-12(19)8-14(15)20/h2-8H,9H2,1H3. The highest BCUT2D eigenvalue weighted by molar-refractivity contribution is 6.38. The Morgan fingerprint density at radius 2 is 1.92 bits per heavy atom. The number of amides is 1. The van der Waals surface area contributed by atoms with Crippen molar-refractivity contribution in [2.24, 2.45) is 5.10 Å². The van der Waals surface area contributed by atoms with Crippen molar-refractivity contribution in [1.29, 1.82) is 0 Å². The first-order chi connectivity index (χ1) is 12.0. The average molecular weight is 375 g/mol. The van der Waals surface area contributed by atoms with Crippen molar-refractivity contribution in [3.8, 4) is 11.5 Å². The largest absolute Gasteiger partial charge is 0.454 e. The Bertz CT molecular complexity index is 953. The van der Waals surface area contributed by atoms with Crippen molar-refractivity contribution < 1.29 is 14.3 Å². The van der Waals surface area contributed by atoms with Crippen LogP contribution in [0.5, 0.6) is 11.5 Å². The third-order valence-corrected chi connectivity index (χ3v) is 4.45. The molecule has 0 N–H and O–H groups in total. The molecule has 2 aromatic carbocycles. The van der Waals surface area contributed by atoms with E-state index in [0.717, 1.165) is 5.56 Å². The molecule has 0 bridgehead atoms. The molecule has 4 rings (SSSR count). The maximum atomic E-state index is 12.8. The van der Waals surface area contributed by atoms with E-state index in [-0.39, 0.29) is 12.7 Å². The molecule has 2 aromatic rings. The second kappa shape index (κ2) is 6.10. The van der Waals surface area contributed by atoms with Crippen LogP contribution in [0, 0.1) is 0 Å². The quantitative estimate of drug-likeness (QED) is 0.725. The lowest BCUT2D eigenvalue weighted by Gasteiger charge is -2.13. The number of benzene rings is 2. The second-order valence-electron chi connectivity index (χ2n) is 5.57. The van der Waals surface area contributed by atoms with Crippen molar-refractivity contribution in [2.45, 2.75) is 6.92 Å². The molecule has 25 heavy (non-hydrogen) atoms. The van der Waals surface area contributed by atoms with E-state index in [2.05, 4.69) is 5.10 Å². The van der Waals surface area contributed by atoms with Crippen LogP contribution in [0.3, 0.4) is 0 Å². The van der Waals surface area contributed by atoms with Crippen LogP contribution < -0.4 is 14.5 Å². The minimum absolute atomic E-state index is 0.206. The molecule has 0 unspecified atom stereocenters. The lowest BCUT2D eigenvalue weighted by Crippen LogP contribution is -2.21. The molecule has 0 radical (unpaired) electrons. The fourth-order valence-corrected chi connectivity index (χ4v) is 3.16. The van der Waals surface area contributed by atoms with Crippen LogP contribution in [-0.2, 0) is 4.79 Å². The van der Waals surface area contributed by atoms with Crippen LogP contribution >= 0.6 is 23.2 Å². The number of hydrogen-bond acceptors (Lipinski definition) is 4. The van der Waals surface area contributed by atoms with Gasteiger partial charge in [0.05, 0.1) is 22.0 Å². The molecule has 0 aromatic heterocycles. The molecule has 126 valence electrons. The summed E-state index contributed by atoms with van der Waals surface area (Å²) in [5.41, 5.74) is 2.41. The maximum absolute atomic E-state index is 12.8. The topological polar surface area (TPSA) is 51.1 Å². The zero-order chi connectivity index (χ0) is 17.6. The second-order valence-corrected chi connectivity index (χ2v) is 6.41. The smallest absolute Gasteiger partial charge is 0.280 e. The molecule has 1 amide bonds. The third-order valence-electron chi connectivity index (χ3n) is 3.91. The zero-order valence-electron chi connectivity index (χ0n) is 13.1. The summed E-state index contributed by atoms with van der Waals surface area (Å²) in [5.74, 6) is 1.10. The van der Waals surface area contributed by atoms with Gasteiger partial charge in [0, 0.05) is 5.02 Å². The van der Waals surface area contributed by atoms with Gasteiger partial charge in [-0.3, -0.25) is 4.79 Å². The van der Waals surface area contributed by atoms with Gasteiger partial charge in [-0.2, -0.15) is 10.1 Å². The van der Waals surface area contributed by atoms with Crippen LogP contribution in [-0.4, -0.2) is 18.4 Å². The summed E-state index contributed by atoms with van der Waals surface area (Å²) < 4.78 is 10.7. The average Bonchev–Trinajstić information content (AvgIpc) is 3.14. The predicted molar refractivity (Wildman–Crippen MR) is 97.6 cm³/mol. The van der Waals surface area contributed by atoms with Crippen molar-refractivity contribution in [3.05, 3.63) is 57.6 Å². The van der Waals surface area contributed by atoms with E-state index in [1.54, 1.807) is 31.2 Å². The summed E-state index contributed by atoms with van der Waals surface area (Å²) in [6.45, 7) is 1.98. The summed E-state index contributed by atoms with van der Waals surface area (Å²) in [6.07, 6.45) is 1.77. The lowest BCUT2D eigenvalue weighted by molar-refractivity contribution is -0.114. The van der Waals surface area contributed by atoms with Gasteiger partial charge in [0.15, 0.2) is 11.5 Å². The molecule has 5 nitrogen and oxygen atoms in total. The Labute approximate surface area is 154 Å². The Balaban J connectivity index is 1.68. The van der Waals surface area contributed by atoms with E-state index < -0.39 is 0 Å². The highest BCUT2D eigenvalue weighted by Crippen LogP contribution is 2.35. The van der Waals surface area contributed by atoms with E-state index in [4.69, 9.17) is 32.7 Å². The van der Waals surface area contributed by atoms with Gasteiger partial charge in [-0.1, -0.05) is 29.3 Å². The molecule has 0 fully saturated rings. The number of halogens is 2.